The molecule has 0 fully saturated rings. The number of carbonyl (C=O) groups is 1. The summed E-state index contributed by atoms with van der Waals surface area (Å²) in [7, 11) is 0. The number of rotatable bonds is 6. The number of benzene rings is 3. The predicted molar refractivity (Wildman–Crippen MR) is 139 cm³/mol. The number of aryl methyl sites for hydroxylation is 1. The van der Waals surface area contributed by atoms with Gasteiger partial charge in [0.15, 0.2) is 0 Å². The van der Waals surface area contributed by atoms with Crippen LogP contribution in [0.25, 0.3) is 0 Å². The van der Waals surface area contributed by atoms with E-state index in [0.717, 1.165) is 26.9 Å². The highest BCUT2D eigenvalue weighted by molar-refractivity contribution is 9.10. The molecule has 0 saturated carbocycles. The number of anilines is 2. The highest BCUT2D eigenvalue weighted by Gasteiger charge is 2.35. The summed E-state index contributed by atoms with van der Waals surface area (Å²) in [5, 5.41) is 10.7. The van der Waals surface area contributed by atoms with Gasteiger partial charge in [0.2, 0.25) is 5.95 Å². The number of nitrogens with one attached hydrogen (secondary N) is 2. The van der Waals surface area contributed by atoms with Crippen molar-refractivity contribution in [1.82, 2.24) is 14.8 Å². The number of aromatic nitrogens is 3. The van der Waals surface area contributed by atoms with Gasteiger partial charge in [-0.1, -0.05) is 64.5 Å². The smallest absolute Gasteiger partial charge is 0.255 e. The van der Waals surface area contributed by atoms with Gasteiger partial charge >= 0.3 is 0 Å². The monoisotopic (exact) mass is 529 g/mol. The highest BCUT2D eigenvalue weighted by atomic mass is 79.9. The van der Waals surface area contributed by atoms with E-state index in [1.54, 1.807) is 4.68 Å². The fourth-order valence-corrected chi connectivity index (χ4v) is 4.55. The molecule has 8 heteroatoms. The number of nitrogens with zero attached hydrogens (tertiary/aromatic N) is 3. The van der Waals surface area contributed by atoms with Gasteiger partial charge in [-0.2, -0.15) is 10.1 Å². The molecule has 1 aliphatic rings. The fraction of sp³-hybridized carbons (Fsp3) is 0.148. The summed E-state index contributed by atoms with van der Waals surface area (Å²) < 4.78 is 8.86. The van der Waals surface area contributed by atoms with E-state index in [-0.39, 0.29) is 5.91 Å². The zero-order valence-electron chi connectivity index (χ0n) is 19.3. The summed E-state index contributed by atoms with van der Waals surface area (Å²) in [6, 6.07) is 22.9. The van der Waals surface area contributed by atoms with Crippen molar-refractivity contribution in [3.8, 4) is 5.75 Å². The summed E-state index contributed by atoms with van der Waals surface area (Å²) in [5.74, 6) is 1.01. The number of halogens is 1. The Bertz CT molecular complexity index is 1410. The molecule has 1 amide bonds. The van der Waals surface area contributed by atoms with Gasteiger partial charge in [0.25, 0.3) is 5.91 Å². The van der Waals surface area contributed by atoms with Crippen molar-refractivity contribution < 1.29 is 9.53 Å². The third-order valence-corrected chi connectivity index (χ3v) is 6.43. The van der Waals surface area contributed by atoms with E-state index in [4.69, 9.17) is 4.74 Å². The predicted octanol–water partition coefficient (Wildman–Crippen LogP) is 5.86. The summed E-state index contributed by atoms with van der Waals surface area (Å²) in [5.41, 5.74) is 4.84. The Morgan fingerprint density at radius 3 is 2.66 bits per heavy atom. The van der Waals surface area contributed by atoms with Crippen molar-refractivity contribution in [3.05, 3.63) is 112 Å². The average molecular weight is 530 g/mol. The van der Waals surface area contributed by atoms with Crippen LogP contribution in [-0.4, -0.2) is 20.7 Å². The van der Waals surface area contributed by atoms with Gasteiger partial charge < -0.3 is 15.4 Å². The number of para-hydroxylation sites is 1. The zero-order valence-corrected chi connectivity index (χ0v) is 20.9. The van der Waals surface area contributed by atoms with E-state index in [1.807, 2.05) is 86.6 Å². The van der Waals surface area contributed by atoms with Crippen LogP contribution < -0.4 is 15.4 Å². The molecular formula is C27H24BrN5O2. The van der Waals surface area contributed by atoms with E-state index in [0.29, 0.717) is 29.6 Å². The van der Waals surface area contributed by atoms with Gasteiger partial charge in [-0.15, -0.1) is 0 Å². The molecule has 0 aliphatic carbocycles. The van der Waals surface area contributed by atoms with Crippen LogP contribution in [0.15, 0.2) is 94.9 Å². The highest BCUT2D eigenvalue weighted by Crippen LogP contribution is 2.40. The van der Waals surface area contributed by atoms with E-state index in [2.05, 4.69) is 36.6 Å². The lowest BCUT2D eigenvalue weighted by Gasteiger charge is -2.30. The van der Waals surface area contributed by atoms with Gasteiger partial charge in [-0.05, 0) is 49.2 Å². The molecule has 2 heterocycles. The Hall–Kier alpha value is -3.91. The van der Waals surface area contributed by atoms with Crippen LogP contribution in [0.3, 0.4) is 0 Å². The lowest BCUT2D eigenvalue weighted by molar-refractivity contribution is -0.113. The first-order valence-corrected chi connectivity index (χ1v) is 12.0. The summed E-state index contributed by atoms with van der Waals surface area (Å²) >= 11 is 3.59. The topological polar surface area (TPSA) is 81.1 Å². The SMILES string of the molecule is CC1=C(C(=O)Nc2ccccc2C)C(c2cc(Br)ccc2OCc2ccccc2)n2ncnc2N1. The summed E-state index contributed by atoms with van der Waals surface area (Å²) in [6.07, 6.45) is 1.48. The standard InChI is InChI=1S/C27H24BrN5O2/c1-17-8-6-7-11-22(17)32-26(34)24-18(2)31-27-29-16-30-33(27)25(24)21-14-20(28)12-13-23(21)35-15-19-9-4-3-5-10-19/h3-14,16,25H,15H2,1-2H3,(H,32,34)(H,29,30,31). The molecule has 3 aromatic carbocycles. The van der Waals surface area contributed by atoms with E-state index < -0.39 is 6.04 Å². The van der Waals surface area contributed by atoms with Crippen LogP contribution in [0.1, 0.15) is 29.7 Å². The first-order chi connectivity index (χ1) is 17.0. The van der Waals surface area contributed by atoms with Crippen molar-refractivity contribution in [2.75, 3.05) is 10.6 Å². The summed E-state index contributed by atoms with van der Waals surface area (Å²) in [6.45, 7) is 4.24. The molecule has 1 unspecified atom stereocenters. The largest absolute Gasteiger partial charge is 0.489 e. The van der Waals surface area contributed by atoms with Crippen LogP contribution in [0.4, 0.5) is 11.6 Å². The van der Waals surface area contributed by atoms with Gasteiger partial charge in [-0.25, -0.2) is 4.68 Å². The first kappa shape index (κ1) is 22.9. The third-order valence-electron chi connectivity index (χ3n) is 5.94. The average Bonchev–Trinajstić information content (AvgIpc) is 3.32. The molecule has 0 radical (unpaired) electrons. The Labute approximate surface area is 212 Å². The molecule has 176 valence electrons. The molecule has 1 aliphatic heterocycles. The van der Waals surface area contributed by atoms with E-state index in [1.165, 1.54) is 6.33 Å². The van der Waals surface area contributed by atoms with Crippen LogP contribution >= 0.6 is 15.9 Å². The second-order valence-corrected chi connectivity index (χ2v) is 9.24. The normalized spacial score (nSPS) is 14.8. The first-order valence-electron chi connectivity index (χ1n) is 11.2. The third kappa shape index (κ3) is 4.70. The maximum Gasteiger partial charge on any atom is 0.255 e. The van der Waals surface area contributed by atoms with Crippen molar-refractivity contribution in [2.45, 2.75) is 26.5 Å². The minimum atomic E-state index is -0.541. The molecule has 1 atom stereocenters. The molecule has 5 rings (SSSR count). The van der Waals surface area contributed by atoms with E-state index >= 15 is 0 Å². The van der Waals surface area contributed by atoms with Crippen molar-refractivity contribution >= 4 is 33.5 Å². The number of carbonyl (C=O) groups excluding carboxylic acids is 1. The van der Waals surface area contributed by atoms with Crippen molar-refractivity contribution in [3.63, 3.8) is 0 Å². The molecule has 0 saturated heterocycles. The minimum Gasteiger partial charge on any atom is -0.489 e. The molecule has 7 nitrogen and oxygen atoms in total. The molecule has 0 spiro atoms. The number of hydrogen-bond acceptors (Lipinski definition) is 5. The maximum absolute atomic E-state index is 13.7. The second kappa shape index (κ2) is 9.76. The molecule has 1 aromatic heterocycles. The van der Waals surface area contributed by atoms with Crippen LogP contribution in [0.5, 0.6) is 5.75 Å². The Balaban J connectivity index is 1.56. The van der Waals surface area contributed by atoms with Gasteiger partial charge in [0.05, 0.1) is 5.57 Å². The molecule has 2 N–H and O–H groups in total. The Morgan fingerprint density at radius 2 is 1.86 bits per heavy atom. The minimum absolute atomic E-state index is 0.218. The number of hydrogen-bond donors (Lipinski definition) is 2. The number of ether oxygens (including phenoxy) is 1. The fourth-order valence-electron chi connectivity index (χ4n) is 4.18. The zero-order chi connectivity index (χ0) is 24.4. The van der Waals surface area contributed by atoms with Gasteiger partial charge in [0, 0.05) is 21.4 Å². The number of fused-ring (bicyclic) bond motifs is 1. The lowest BCUT2D eigenvalue weighted by atomic mass is 9.94. The molecule has 4 aromatic rings. The molecular weight excluding hydrogens is 506 g/mol. The van der Waals surface area contributed by atoms with Gasteiger partial charge in [0.1, 0.15) is 24.7 Å². The number of allylic oxidation sites excluding steroid dienone is 1. The second-order valence-electron chi connectivity index (χ2n) is 8.32. The van der Waals surface area contributed by atoms with Crippen LogP contribution in [-0.2, 0) is 11.4 Å². The summed E-state index contributed by atoms with van der Waals surface area (Å²) in [4.78, 5) is 18.0. The van der Waals surface area contributed by atoms with Crippen molar-refractivity contribution in [1.29, 1.82) is 0 Å². The molecule has 35 heavy (non-hydrogen) atoms. The molecule has 0 bridgehead atoms. The van der Waals surface area contributed by atoms with Crippen LogP contribution in [0.2, 0.25) is 0 Å². The quantitative estimate of drug-likeness (QED) is 0.327. The van der Waals surface area contributed by atoms with Gasteiger partial charge in [-0.3, -0.25) is 4.79 Å². The van der Waals surface area contributed by atoms with E-state index in [9.17, 15) is 4.79 Å². The Kier molecular flexibility index (Phi) is 6.37. The lowest BCUT2D eigenvalue weighted by Crippen LogP contribution is -2.32. The van der Waals surface area contributed by atoms with Crippen molar-refractivity contribution in [2.24, 2.45) is 0 Å². The number of amides is 1. The van der Waals surface area contributed by atoms with Crippen LogP contribution in [0, 0.1) is 6.92 Å². The maximum atomic E-state index is 13.7. The Morgan fingerprint density at radius 1 is 1.09 bits per heavy atom.